The number of fused-ring (bicyclic) bond motifs is 1. The first-order valence-electron chi connectivity index (χ1n) is 9.27. The molecule has 0 radical (unpaired) electrons. The number of aromatic nitrogens is 2. The van der Waals surface area contributed by atoms with Crippen LogP contribution in [0.3, 0.4) is 0 Å². The summed E-state index contributed by atoms with van der Waals surface area (Å²) in [5.74, 6) is 0.860. The van der Waals surface area contributed by atoms with Crippen LogP contribution >= 0.6 is 11.6 Å². The van der Waals surface area contributed by atoms with Crippen molar-refractivity contribution < 1.29 is 17.3 Å². The number of ether oxygens (including phenoxy) is 1. The van der Waals surface area contributed by atoms with E-state index in [9.17, 15) is 8.42 Å². The van der Waals surface area contributed by atoms with Crippen molar-refractivity contribution in [2.75, 3.05) is 6.61 Å². The van der Waals surface area contributed by atoms with Crippen LogP contribution in [0.1, 0.15) is 5.69 Å². The molecule has 0 amide bonds. The van der Waals surface area contributed by atoms with E-state index in [4.69, 9.17) is 20.5 Å². The number of hydrogen-bond donors (Lipinski definition) is 0. The molecule has 0 bridgehead atoms. The summed E-state index contributed by atoms with van der Waals surface area (Å²) in [5, 5.41) is 6.98. The number of hydrogen-bond acceptors (Lipinski definition) is 5. The molecule has 0 saturated carbocycles. The minimum absolute atomic E-state index is 0.0183. The highest BCUT2D eigenvalue weighted by atomic mass is 35.5. The zero-order valence-electron chi connectivity index (χ0n) is 16.2. The lowest BCUT2D eigenvalue weighted by Gasteiger charge is -2.11. The van der Waals surface area contributed by atoms with Gasteiger partial charge < -0.3 is 8.92 Å². The van der Waals surface area contributed by atoms with Gasteiger partial charge in [0, 0.05) is 11.1 Å². The van der Waals surface area contributed by atoms with Crippen LogP contribution in [0.4, 0.5) is 0 Å². The average Bonchev–Trinajstić information content (AvgIpc) is 3.06. The zero-order chi connectivity index (χ0) is 21.1. The highest BCUT2D eigenvalue weighted by molar-refractivity contribution is 7.87. The average molecular weight is 443 g/mol. The number of rotatable bonds is 7. The lowest BCUT2D eigenvalue weighted by atomic mass is 10.1. The van der Waals surface area contributed by atoms with Crippen LogP contribution in [0.15, 0.2) is 77.7 Å². The Bertz CT molecular complexity index is 1280. The lowest BCUT2D eigenvalue weighted by molar-refractivity contribution is 0.284. The van der Waals surface area contributed by atoms with Crippen molar-refractivity contribution >= 4 is 32.5 Å². The first kappa shape index (κ1) is 20.3. The minimum atomic E-state index is -4.00. The van der Waals surface area contributed by atoms with Gasteiger partial charge in [-0.1, -0.05) is 41.9 Å². The van der Waals surface area contributed by atoms with Crippen LogP contribution in [-0.2, 0) is 16.7 Å². The second-order valence-corrected chi connectivity index (χ2v) is 8.68. The fraction of sp³-hybridized carbons (Fsp3) is 0.136. The van der Waals surface area contributed by atoms with Gasteiger partial charge in [-0.05, 0) is 54.1 Å². The Balaban J connectivity index is 1.45. The number of aryl methyl sites for hydroxylation is 1. The van der Waals surface area contributed by atoms with Crippen molar-refractivity contribution in [3.05, 3.63) is 83.5 Å². The van der Waals surface area contributed by atoms with Crippen molar-refractivity contribution in [2.24, 2.45) is 0 Å². The van der Waals surface area contributed by atoms with Crippen molar-refractivity contribution in [3.8, 4) is 11.6 Å². The molecule has 0 saturated heterocycles. The van der Waals surface area contributed by atoms with Crippen LogP contribution in [-0.4, -0.2) is 24.8 Å². The van der Waals surface area contributed by atoms with Gasteiger partial charge in [-0.15, -0.1) is 0 Å². The van der Waals surface area contributed by atoms with Crippen molar-refractivity contribution in [1.29, 1.82) is 0 Å². The SMILES string of the molecule is Cc1cc(OS(=O)(=O)c2ccc(Cl)cc2)n(CCOc2ccc3ccccc3c2)n1. The van der Waals surface area contributed by atoms with E-state index in [1.807, 2.05) is 42.5 Å². The molecule has 30 heavy (non-hydrogen) atoms. The molecule has 0 aliphatic heterocycles. The molecule has 0 unspecified atom stereocenters. The summed E-state index contributed by atoms with van der Waals surface area (Å²) >= 11 is 5.83. The summed E-state index contributed by atoms with van der Waals surface area (Å²) in [6.07, 6.45) is 0. The molecule has 3 aromatic carbocycles. The summed E-state index contributed by atoms with van der Waals surface area (Å²) in [6, 6.07) is 21.2. The predicted molar refractivity (Wildman–Crippen MR) is 116 cm³/mol. The quantitative estimate of drug-likeness (QED) is 0.383. The molecule has 0 spiro atoms. The molecule has 6 nitrogen and oxygen atoms in total. The van der Waals surface area contributed by atoms with Gasteiger partial charge in [-0.3, -0.25) is 0 Å². The van der Waals surface area contributed by atoms with E-state index in [-0.39, 0.29) is 10.8 Å². The normalized spacial score (nSPS) is 11.5. The second-order valence-electron chi connectivity index (χ2n) is 6.70. The Kier molecular flexibility index (Phi) is 5.65. The highest BCUT2D eigenvalue weighted by Gasteiger charge is 2.20. The van der Waals surface area contributed by atoms with Crippen LogP contribution < -0.4 is 8.92 Å². The van der Waals surface area contributed by atoms with Crippen molar-refractivity contribution in [3.63, 3.8) is 0 Å². The maximum Gasteiger partial charge on any atom is 0.340 e. The Labute approximate surface area is 179 Å². The fourth-order valence-corrected chi connectivity index (χ4v) is 4.07. The molecular formula is C22H19ClN2O4S. The first-order chi connectivity index (χ1) is 14.4. The van der Waals surface area contributed by atoms with E-state index in [0.29, 0.717) is 23.9 Å². The Hall–Kier alpha value is -3.03. The third kappa shape index (κ3) is 4.58. The van der Waals surface area contributed by atoms with Gasteiger partial charge in [0.2, 0.25) is 5.88 Å². The van der Waals surface area contributed by atoms with Gasteiger partial charge in [0.1, 0.15) is 17.3 Å². The van der Waals surface area contributed by atoms with Gasteiger partial charge in [0.05, 0.1) is 12.2 Å². The smallest absolute Gasteiger partial charge is 0.340 e. The summed E-state index contributed by atoms with van der Waals surface area (Å²) in [4.78, 5) is 0.0183. The number of benzene rings is 3. The number of halogens is 1. The number of nitrogens with zero attached hydrogens (tertiary/aromatic N) is 2. The summed E-state index contributed by atoms with van der Waals surface area (Å²) < 4.78 is 37.7. The fourth-order valence-electron chi connectivity index (χ4n) is 3.02. The van der Waals surface area contributed by atoms with E-state index in [2.05, 4.69) is 5.10 Å². The van der Waals surface area contributed by atoms with E-state index in [1.54, 1.807) is 13.0 Å². The minimum Gasteiger partial charge on any atom is -0.492 e. The van der Waals surface area contributed by atoms with E-state index < -0.39 is 10.1 Å². The van der Waals surface area contributed by atoms with Crippen molar-refractivity contribution in [1.82, 2.24) is 9.78 Å². The van der Waals surface area contributed by atoms with Gasteiger partial charge in [-0.25, -0.2) is 4.68 Å². The van der Waals surface area contributed by atoms with Gasteiger partial charge in [0.15, 0.2) is 0 Å². The maximum absolute atomic E-state index is 12.6. The van der Waals surface area contributed by atoms with E-state index >= 15 is 0 Å². The summed E-state index contributed by atoms with van der Waals surface area (Å²) in [6.45, 7) is 2.39. The van der Waals surface area contributed by atoms with Crippen LogP contribution in [0, 0.1) is 6.92 Å². The molecule has 154 valence electrons. The Morgan fingerprint density at radius 1 is 0.967 bits per heavy atom. The molecule has 0 fully saturated rings. The predicted octanol–water partition coefficient (Wildman–Crippen LogP) is 4.84. The van der Waals surface area contributed by atoms with Crippen molar-refractivity contribution in [2.45, 2.75) is 18.4 Å². The highest BCUT2D eigenvalue weighted by Crippen LogP contribution is 2.23. The summed E-state index contributed by atoms with van der Waals surface area (Å²) in [5.41, 5.74) is 0.641. The topological polar surface area (TPSA) is 70.4 Å². The standard InChI is InChI=1S/C22H19ClN2O4S/c1-16-14-22(29-30(26,27)21-10-7-19(23)8-11-21)25(24-16)12-13-28-20-9-6-17-4-2-3-5-18(17)15-20/h2-11,14-15H,12-13H2,1H3. The monoisotopic (exact) mass is 442 g/mol. The molecular weight excluding hydrogens is 424 g/mol. The summed E-state index contributed by atoms with van der Waals surface area (Å²) in [7, 11) is -4.00. The Morgan fingerprint density at radius 2 is 1.70 bits per heavy atom. The third-order valence-electron chi connectivity index (χ3n) is 4.46. The molecule has 0 N–H and O–H groups in total. The molecule has 0 atom stereocenters. The molecule has 0 aliphatic carbocycles. The lowest BCUT2D eigenvalue weighted by Crippen LogP contribution is -2.15. The Morgan fingerprint density at radius 3 is 2.47 bits per heavy atom. The van der Waals surface area contributed by atoms with Crippen LogP contribution in [0.5, 0.6) is 11.6 Å². The largest absolute Gasteiger partial charge is 0.492 e. The van der Waals surface area contributed by atoms with Crippen LogP contribution in [0.2, 0.25) is 5.02 Å². The molecule has 1 heterocycles. The zero-order valence-corrected chi connectivity index (χ0v) is 17.7. The van der Waals surface area contributed by atoms with Crippen LogP contribution in [0.25, 0.3) is 10.8 Å². The van der Waals surface area contributed by atoms with Gasteiger partial charge in [-0.2, -0.15) is 13.5 Å². The molecule has 1 aromatic heterocycles. The molecule has 4 rings (SSSR count). The molecule has 8 heteroatoms. The third-order valence-corrected chi connectivity index (χ3v) is 5.95. The first-order valence-corrected chi connectivity index (χ1v) is 11.1. The van der Waals surface area contributed by atoms with Gasteiger partial charge in [0.25, 0.3) is 0 Å². The van der Waals surface area contributed by atoms with E-state index in [1.165, 1.54) is 28.9 Å². The maximum atomic E-state index is 12.6. The second kappa shape index (κ2) is 8.38. The van der Waals surface area contributed by atoms with Gasteiger partial charge >= 0.3 is 10.1 Å². The van der Waals surface area contributed by atoms with E-state index in [0.717, 1.165) is 16.5 Å². The molecule has 0 aliphatic rings. The molecule has 4 aromatic rings.